The third-order valence-electron chi connectivity index (χ3n) is 6.48. The van der Waals surface area contributed by atoms with Gasteiger partial charge in [0.25, 0.3) is 0 Å². The molecule has 0 bridgehead atoms. The molecule has 0 saturated carbocycles. The van der Waals surface area contributed by atoms with Crippen molar-refractivity contribution in [1.82, 2.24) is 0 Å². The third kappa shape index (κ3) is 4.03. The highest BCUT2D eigenvalue weighted by molar-refractivity contribution is 5.68. The summed E-state index contributed by atoms with van der Waals surface area (Å²) < 4.78 is 26.3. The lowest BCUT2D eigenvalue weighted by Gasteiger charge is -2.17. The van der Waals surface area contributed by atoms with Crippen LogP contribution in [0.1, 0.15) is 58.2 Å². The molecule has 0 unspecified atom stereocenters. The van der Waals surface area contributed by atoms with Crippen LogP contribution in [0.3, 0.4) is 0 Å². The second-order valence-corrected chi connectivity index (χ2v) is 8.49. The van der Waals surface area contributed by atoms with Crippen molar-refractivity contribution in [2.75, 3.05) is 6.61 Å². The molecule has 2 atom stereocenters. The summed E-state index contributed by atoms with van der Waals surface area (Å²) >= 11 is 0. The van der Waals surface area contributed by atoms with Gasteiger partial charge < -0.3 is 14.6 Å². The summed E-state index contributed by atoms with van der Waals surface area (Å²) in [5, 5.41) is 18.7. The zero-order valence-corrected chi connectivity index (χ0v) is 17.9. The molecule has 1 heterocycles. The molecule has 6 heteroatoms. The van der Waals surface area contributed by atoms with Crippen LogP contribution >= 0.6 is 0 Å². The molecule has 0 amide bonds. The summed E-state index contributed by atoms with van der Waals surface area (Å²) in [7, 11) is 0. The van der Waals surface area contributed by atoms with E-state index in [-0.39, 0.29) is 24.3 Å². The maximum absolute atomic E-state index is 14.3. The first kappa shape index (κ1) is 21.0. The van der Waals surface area contributed by atoms with Gasteiger partial charge in [0, 0.05) is 24.0 Å². The van der Waals surface area contributed by atoms with Crippen molar-refractivity contribution in [3.05, 3.63) is 93.8 Å². The zero-order chi connectivity index (χ0) is 22.9. The Morgan fingerprint density at radius 3 is 2.79 bits per heavy atom. The van der Waals surface area contributed by atoms with Crippen LogP contribution in [-0.2, 0) is 17.6 Å². The average Bonchev–Trinajstić information content (AvgIpc) is 3.39. The lowest BCUT2D eigenvalue weighted by Crippen LogP contribution is -2.07. The molecule has 5 rings (SSSR count). The summed E-state index contributed by atoms with van der Waals surface area (Å²) in [6.07, 6.45) is 1.73. The molecular weight excluding hydrogens is 421 g/mol. The molecule has 2 aliphatic rings. The van der Waals surface area contributed by atoms with Crippen LogP contribution in [0.2, 0.25) is 0 Å². The number of benzene rings is 3. The van der Waals surface area contributed by atoms with Gasteiger partial charge in [-0.15, -0.1) is 0 Å². The van der Waals surface area contributed by atoms with E-state index >= 15 is 0 Å². The van der Waals surface area contributed by atoms with Crippen LogP contribution < -0.4 is 9.47 Å². The fourth-order valence-corrected chi connectivity index (χ4v) is 4.87. The van der Waals surface area contributed by atoms with E-state index in [4.69, 9.17) is 14.6 Å². The molecule has 1 aliphatic carbocycles. The molecule has 166 valence electrons. The summed E-state index contributed by atoms with van der Waals surface area (Å²) in [5.41, 5.74) is 4.96. The number of ether oxygens (including phenoxy) is 2. The van der Waals surface area contributed by atoms with Crippen LogP contribution in [0.5, 0.6) is 11.5 Å². The summed E-state index contributed by atoms with van der Waals surface area (Å²) in [6.45, 7) is 0.355. The predicted octanol–water partition coefficient (Wildman–Crippen LogP) is 5.31. The highest BCUT2D eigenvalue weighted by atomic mass is 19.1. The van der Waals surface area contributed by atoms with Gasteiger partial charge in [-0.1, -0.05) is 30.3 Å². The molecule has 0 saturated heterocycles. The number of carboxylic acid groups (broad SMARTS) is 1. The number of nitriles is 1. The number of fused-ring (bicyclic) bond motifs is 2. The Bertz CT molecular complexity index is 1280. The van der Waals surface area contributed by atoms with Gasteiger partial charge in [0.2, 0.25) is 0 Å². The summed E-state index contributed by atoms with van der Waals surface area (Å²) in [5.74, 6) is 0.0510. The number of nitrogens with zero attached hydrogens (tertiary/aromatic N) is 1. The minimum Gasteiger partial charge on any atom is -0.492 e. The second kappa shape index (κ2) is 8.59. The lowest BCUT2D eigenvalue weighted by molar-refractivity contribution is -0.137. The fourth-order valence-electron chi connectivity index (χ4n) is 4.87. The quantitative estimate of drug-likeness (QED) is 0.559. The van der Waals surface area contributed by atoms with Gasteiger partial charge in [-0.25, -0.2) is 4.39 Å². The normalized spacial score (nSPS) is 18.2. The molecule has 3 aromatic rings. The molecular formula is C27H22FNO4. The van der Waals surface area contributed by atoms with Crippen molar-refractivity contribution >= 4 is 5.97 Å². The molecule has 0 fully saturated rings. The van der Waals surface area contributed by atoms with Gasteiger partial charge in [0.15, 0.2) is 0 Å². The topological polar surface area (TPSA) is 79.5 Å². The Labute approximate surface area is 191 Å². The standard InChI is InChI=1S/C27H22FNO4/c28-24-4-2-1-3-16(24)11-23-17(14-29)5-7-22-21(23)9-10-25(22)33-19-6-8-20-18(12-27(30)31)15-32-26(20)13-19/h1-8,13,18,25H,9-12,15H2,(H,30,31)/t18-,25-/m1/s1. The van der Waals surface area contributed by atoms with E-state index in [0.29, 0.717) is 35.7 Å². The average molecular weight is 443 g/mol. The summed E-state index contributed by atoms with van der Waals surface area (Å²) in [6, 6.07) is 18.2. The van der Waals surface area contributed by atoms with Crippen molar-refractivity contribution in [1.29, 1.82) is 5.26 Å². The molecule has 0 spiro atoms. The molecule has 0 radical (unpaired) electrons. The Hall–Kier alpha value is -3.85. The van der Waals surface area contributed by atoms with Gasteiger partial charge in [0.05, 0.1) is 24.7 Å². The van der Waals surface area contributed by atoms with E-state index in [1.807, 2.05) is 24.3 Å². The number of aliphatic carboxylic acids is 1. The zero-order valence-electron chi connectivity index (χ0n) is 17.9. The first-order valence-electron chi connectivity index (χ1n) is 11.0. The highest BCUT2D eigenvalue weighted by Crippen LogP contribution is 2.42. The number of carboxylic acids is 1. The Kier molecular flexibility index (Phi) is 5.47. The minimum atomic E-state index is -0.845. The lowest BCUT2D eigenvalue weighted by atomic mass is 9.92. The van der Waals surface area contributed by atoms with E-state index in [1.165, 1.54) is 6.07 Å². The first-order valence-corrected chi connectivity index (χ1v) is 11.0. The Morgan fingerprint density at radius 2 is 2.00 bits per heavy atom. The van der Waals surface area contributed by atoms with Crippen molar-refractivity contribution < 1.29 is 23.8 Å². The fraction of sp³-hybridized carbons (Fsp3) is 0.259. The van der Waals surface area contributed by atoms with Crippen LogP contribution in [0, 0.1) is 17.1 Å². The minimum absolute atomic E-state index is 0.0369. The number of hydrogen-bond acceptors (Lipinski definition) is 4. The maximum Gasteiger partial charge on any atom is 0.304 e. The summed E-state index contributed by atoms with van der Waals surface area (Å²) in [4.78, 5) is 11.1. The van der Waals surface area contributed by atoms with Gasteiger partial charge in [-0.3, -0.25) is 4.79 Å². The molecule has 0 aromatic heterocycles. The van der Waals surface area contributed by atoms with Gasteiger partial charge in [-0.05, 0) is 53.3 Å². The largest absolute Gasteiger partial charge is 0.492 e. The van der Waals surface area contributed by atoms with Gasteiger partial charge in [0.1, 0.15) is 23.4 Å². The van der Waals surface area contributed by atoms with Crippen molar-refractivity contribution in [2.45, 2.75) is 37.7 Å². The third-order valence-corrected chi connectivity index (χ3v) is 6.48. The maximum atomic E-state index is 14.3. The van der Waals surface area contributed by atoms with Gasteiger partial charge >= 0.3 is 5.97 Å². The smallest absolute Gasteiger partial charge is 0.304 e. The van der Waals surface area contributed by atoms with Crippen molar-refractivity contribution in [3.8, 4) is 17.6 Å². The molecule has 5 nitrogen and oxygen atoms in total. The number of rotatable bonds is 6. The molecule has 1 N–H and O–H groups in total. The molecule has 1 aliphatic heterocycles. The number of halogens is 1. The van der Waals surface area contributed by atoms with E-state index in [1.54, 1.807) is 24.3 Å². The number of carbonyl (C=O) groups is 1. The Balaban J connectivity index is 1.40. The van der Waals surface area contributed by atoms with E-state index in [9.17, 15) is 14.4 Å². The molecule has 33 heavy (non-hydrogen) atoms. The van der Waals surface area contributed by atoms with E-state index in [0.717, 1.165) is 35.1 Å². The second-order valence-electron chi connectivity index (χ2n) is 8.49. The first-order chi connectivity index (χ1) is 16.0. The highest BCUT2D eigenvalue weighted by Gasteiger charge is 2.30. The van der Waals surface area contributed by atoms with Crippen molar-refractivity contribution in [3.63, 3.8) is 0 Å². The van der Waals surface area contributed by atoms with Crippen LogP contribution in [0.25, 0.3) is 0 Å². The van der Waals surface area contributed by atoms with Crippen LogP contribution in [0.4, 0.5) is 4.39 Å². The van der Waals surface area contributed by atoms with Crippen LogP contribution in [-0.4, -0.2) is 17.7 Å². The molecule has 3 aromatic carbocycles. The van der Waals surface area contributed by atoms with Crippen molar-refractivity contribution in [2.24, 2.45) is 0 Å². The monoisotopic (exact) mass is 443 g/mol. The van der Waals surface area contributed by atoms with Crippen LogP contribution in [0.15, 0.2) is 54.6 Å². The SMILES string of the molecule is N#Cc1ccc2c(c1Cc1ccccc1F)CC[C@H]2Oc1ccc2c(c1)OC[C@H]2CC(=O)O. The Morgan fingerprint density at radius 1 is 1.18 bits per heavy atom. The predicted molar refractivity (Wildman–Crippen MR) is 119 cm³/mol. The van der Waals surface area contributed by atoms with E-state index < -0.39 is 5.97 Å². The number of hydrogen-bond donors (Lipinski definition) is 1. The van der Waals surface area contributed by atoms with E-state index in [2.05, 4.69) is 6.07 Å². The van der Waals surface area contributed by atoms with Gasteiger partial charge in [-0.2, -0.15) is 5.26 Å².